The fraction of sp³-hybridized carbons (Fsp3) is 0.423. The number of alkyl halides is 5. The van der Waals surface area contributed by atoms with Crippen LogP contribution in [0.15, 0.2) is 54.9 Å². The molecule has 1 aromatic heterocycles. The van der Waals surface area contributed by atoms with Crippen LogP contribution in [0.5, 0.6) is 0 Å². The molecule has 1 aliphatic carbocycles. The van der Waals surface area contributed by atoms with Crippen LogP contribution in [-0.4, -0.2) is 23.8 Å². The van der Waals surface area contributed by atoms with E-state index in [1.165, 1.54) is 37.7 Å². The molecule has 1 unspecified atom stereocenters. The Balaban J connectivity index is 1.86. The number of nitrogens with zero attached hydrogens (tertiary/aromatic N) is 1. The summed E-state index contributed by atoms with van der Waals surface area (Å²) in [6.45, 7) is 0. The maximum atomic E-state index is 15.1. The van der Waals surface area contributed by atoms with Crippen LogP contribution in [-0.2, 0) is 26.4 Å². The highest BCUT2D eigenvalue weighted by molar-refractivity contribution is 6.04. The molecule has 0 N–H and O–H groups in total. The third-order valence-electron chi connectivity index (χ3n) is 6.30. The van der Waals surface area contributed by atoms with Gasteiger partial charge < -0.3 is 4.74 Å². The fourth-order valence-electron chi connectivity index (χ4n) is 4.31. The second kappa shape index (κ2) is 10.7. The number of rotatable bonds is 7. The largest absolute Gasteiger partial charge is 0.468 e. The number of ketones is 1. The first-order valence-corrected chi connectivity index (χ1v) is 11.3. The number of pyridine rings is 1. The highest BCUT2D eigenvalue weighted by atomic mass is 19.4. The molecule has 0 amide bonds. The highest BCUT2D eigenvalue weighted by Gasteiger charge is 2.45. The maximum absolute atomic E-state index is 15.1. The van der Waals surface area contributed by atoms with Gasteiger partial charge in [0.15, 0.2) is 0 Å². The molecule has 0 spiro atoms. The van der Waals surface area contributed by atoms with Crippen LogP contribution in [0, 0.1) is 5.41 Å². The van der Waals surface area contributed by atoms with Gasteiger partial charge in [0.2, 0.25) is 0 Å². The zero-order valence-electron chi connectivity index (χ0n) is 19.2. The summed E-state index contributed by atoms with van der Waals surface area (Å²) in [5.41, 5.74) is -3.14. The Hall–Kier alpha value is -3.10. The minimum atomic E-state index is -4.81. The van der Waals surface area contributed by atoms with Crippen molar-refractivity contribution in [3.8, 4) is 11.1 Å². The van der Waals surface area contributed by atoms with Gasteiger partial charge in [0, 0.05) is 36.4 Å². The van der Waals surface area contributed by atoms with Crippen LogP contribution in [0.25, 0.3) is 11.1 Å². The average Bonchev–Trinajstić information content (AvgIpc) is 3.03. The molecule has 1 aromatic carbocycles. The van der Waals surface area contributed by atoms with Crippen molar-refractivity contribution < 1.29 is 36.3 Å². The van der Waals surface area contributed by atoms with Gasteiger partial charge in [0.1, 0.15) is 11.2 Å². The fourth-order valence-corrected chi connectivity index (χ4v) is 4.31. The lowest BCUT2D eigenvalue weighted by molar-refractivity contribution is -0.158. The number of carbonyl (C=O) groups is 2. The number of methoxy groups -OCH3 is 1. The Morgan fingerprint density at radius 1 is 1.06 bits per heavy atom. The molecule has 2 aromatic rings. The van der Waals surface area contributed by atoms with E-state index in [2.05, 4.69) is 4.98 Å². The normalized spacial score (nSPS) is 19.5. The molecule has 0 aliphatic heterocycles. The first-order valence-electron chi connectivity index (χ1n) is 11.3. The average molecular weight is 495 g/mol. The number of carbonyl (C=O) groups excluding carboxylic acids is 2. The number of esters is 1. The lowest BCUT2D eigenvalue weighted by Gasteiger charge is -2.27. The molecular formula is C26H26F5NO3. The van der Waals surface area contributed by atoms with Crippen LogP contribution < -0.4 is 0 Å². The Morgan fingerprint density at radius 2 is 1.80 bits per heavy atom. The SMILES string of the molecule is COC(=O)C1(C/C=C/CC(F)(F)c2cc(-c3cccnc3)cc(C(F)(F)F)c2)CCCCCC1=O. The first-order chi connectivity index (χ1) is 16.5. The van der Waals surface area contributed by atoms with Crippen LogP contribution in [0.2, 0.25) is 0 Å². The van der Waals surface area contributed by atoms with E-state index in [0.29, 0.717) is 18.9 Å². The van der Waals surface area contributed by atoms with Crippen molar-refractivity contribution in [3.05, 3.63) is 66.0 Å². The van der Waals surface area contributed by atoms with Gasteiger partial charge in [-0.2, -0.15) is 13.2 Å². The molecule has 0 saturated heterocycles. The van der Waals surface area contributed by atoms with Gasteiger partial charge in [-0.25, -0.2) is 8.78 Å². The number of benzene rings is 1. The summed E-state index contributed by atoms with van der Waals surface area (Å²) in [5.74, 6) is -4.60. The third kappa shape index (κ3) is 6.13. The van der Waals surface area contributed by atoms with Crippen molar-refractivity contribution in [1.29, 1.82) is 0 Å². The second-order valence-electron chi connectivity index (χ2n) is 8.68. The summed E-state index contributed by atoms with van der Waals surface area (Å²) in [5, 5.41) is 0. The Morgan fingerprint density at radius 3 is 2.46 bits per heavy atom. The molecule has 9 heteroatoms. The first kappa shape index (κ1) is 26.5. The van der Waals surface area contributed by atoms with E-state index < -0.39 is 41.0 Å². The number of Topliss-reactive ketones (excluding diaryl/α,β-unsaturated/α-hetero) is 1. The summed E-state index contributed by atoms with van der Waals surface area (Å²) in [6, 6.07) is 5.26. The van der Waals surface area contributed by atoms with E-state index in [9.17, 15) is 22.8 Å². The van der Waals surface area contributed by atoms with Crippen molar-refractivity contribution >= 4 is 11.8 Å². The van der Waals surface area contributed by atoms with Crippen LogP contribution in [0.3, 0.4) is 0 Å². The van der Waals surface area contributed by atoms with Gasteiger partial charge in [-0.1, -0.05) is 31.1 Å². The predicted octanol–water partition coefficient (Wildman–Crippen LogP) is 6.89. The summed E-state index contributed by atoms with van der Waals surface area (Å²) in [7, 11) is 1.17. The maximum Gasteiger partial charge on any atom is 0.416 e. The molecule has 188 valence electrons. The number of allylic oxidation sites excluding steroid dienone is 2. The van der Waals surface area contributed by atoms with E-state index in [-0.39, 0.29) is 36.2 Å². The molecule has 0 bridgehead atoms. The zero-order chi connectivity index (χ0) is 25.7. The van der Waals surface area contributed by atoms with Gasteiger partial charge in [-0.15, -0.1) is 0 Å². The molecule has 1 heterocycles. The third-order valence-corrected chi connectivity index (χ3v) is 6.30. The summed E-state index contributed by atoms with van der Waals surface area (Å²) in [6.07, 6.45) is 1.88. The Labute approximate surface area is 200 Å². The number of hydrogen-bond acceptors (Lipinski definition) is 4. The molecule has 35 heavy (non-hydrogen) atoms. The van der Waals surface area contributed by atoms with Crippen molar-refractivity contribution in [3.63, 3.8) is 0 Å². The van der Waals surface area contributed by atoms with E-state index in [4.69, 9.17) is 4.74 Å². The topological polar surface area (TPSA) is 56.3 Å². The smallest absolute Gasteiger partial charge is 0.416 e. The van der Waals surface area contributed by atoms with Crippen LogP contribution >= 0.6 is 0 Å². The van der Waals surface area contributed by atoms with Crippen LogP contribution in [0.1, 0.15) is 56.1 Å². The Kier molecular flexibility index (Phi) is 8.07. The molecule has 1 aliphatic rings. The summed E-state index contributed by atoms with van der Waals surface area (Å²) in [4.78, 5) is 28.9. The minimum Gasteiger partial charge on any atom is -0.468 e. The molecule has 1 saturated carbocycles. The number of halogens is 5. The van der Waals surface area contributed by atoms with Crippen molar-refractivity contribution in [2.24, 2.45) is 5.41 Å². The molecule has 1 atom stereocenters. The van der Waals surface area contributed by atoms with E-state index in [0.717, 1.165) is 24.6 Å². The predicted molar refractivity (Wildman–Crippen MR) is 119 cm³/mol. The lowest BCUT2D eigenvalue weighted by Crippen LogP contribution is -2.39. The van der Waals surface area contributed by atoms with E-state index >= 15 is 8.78 Å². The van der Waals surface area contributed by atoms with E-state index in [1.54, 1.807) is 0 Å². The molecule has 1 fully saturated rings. The van der Waals surface area contributed by atoms with Gasteiger partial charge >= 0.3 is 12.1 Å². The van der Waals surface area contributed by atoms with Gasteiger partial charge in [0.05, 0.1) is 12.7 Å². The molecule has 4 nitrogen and oxygen atoms in total. The molecule has 3 rings (SSSR count). The van der Waals surface area contributed by atoms with Crippen molar-refractivity contribution in [1.82, 2.24) is 4.98 Å². The quantitative estimate of drug-likeness (QED) is 0.138. The van der Waals surface area contributed by atoms with Crippen molar-refractivity contribution in [2.45, 2.75) is 57.0 Å². The van der Waals surface area contributed by atoms with Crippen LogP contribution in [0.4, 0.5) is 22.0 Å². The van der Waals surface area contributed by atoms with Gasteiger partial charge in [0.25, 0.3) is 5.92 Å². The number of hydrogen-bond donors (Lipinski definition) is 0. The molecular weight excluding hydrogens is 469 g/mol. The summed E-state index contributed by atoms with van der Waals surface area (Å²) >= 11 is 0. The Bertz CT molecular complexity index is 1080. The second-order valence-corrected chi connectivity index (χ2v) is 8.68. The zero-order valence-corrected chi connectivity index (χ0v) is 19.2. The van der Waals surface area contributed by atoms with E-state index in [1.807, 2.05) is 0 Å². The molecule has 0 radical (unpaired) electrons. The van der Waals surface area contributed by atoms with Crippen molar-refractivity contribution in [2.75, 3.05) is 7.11 Å². The van der Waals surface area contributed by atoms with Gasteiger partial charge in [-0.3, -0.25) is 14.6 Å². The summed E-state index contributed by atoms with van der Waals surface area (Å²) < 4.78 is 75.2. The van der Waals surface area contributed by atoms with Gasteiger partial charge in [-0.05, 0) is 49.1 Å². The monoisotopic (exact) mass is 495 g/mol. The number of ether oxygens (including phenoxy) is 1. The standard InChI is InChI=1S/C26H26F5NO3/c1-35-23(34)24(10-4-2-3-9-22(24)33)11-5-6-12-25(27,28)20-14-19(18-8-7-13-32-17-18)15-21(16-20)26(29,30)31/h5-8,13-17H,2-4,9-12H2,1H3/b6-5+. The minimum absolute atomic E-state index is 0.0275. The highest BCUT2D eigenvalue weighted by Crippen LogP contribution is 2.41. The number of aromatic nitrogens is 1. The lowest BCUT2D eigenvalue weighted by atomic mass is 9.76.